The molecule has 1 atom stereocenters. The molecule has 1 amide bonds. The van der Waals surface area contributed by atoms with Crippen LogP contribution >= 0.6 is 0 Å². The average molecular weight is 224 g/mol. The van der Waals surface area contributed by atoms with Crippen molar-refractivity contribution in [2.45, 2.75) is 39.3 Å². The lowest BCUT2D eigenvalue weighted by molar-refractivity contribution is -0.121. The van der Waals surface area contributed by atoms with Crippen molar-refractivity contribution in [2.75, 3.05) is 6.54 Å². The van der Waals surface area contributed by atoms with Crippen LogP contribution in [0, 0.1) is 0 Å². The fourth-order valence-corrected chi connectivity index (χ4v) is 1.55. The Morgan fingerprint density at radius 1 is 1.56 bits per heavy atom. The number of hydrogen-bond donors (Lipinski definition) is 2. The largest absolute Gasteiger partial charge is 0.388 e. The van der Waals surface area contributed by atoms with Gasteiger partial charge in [-0.1, -0.05) is 6.92 Å². The zero-order valence-corrected chi connectivity index (χ0v) is 9.94. The first-order valence-electron chi connectivity index (χ1n) is 5.77. The molecule has 1 aromatic heterocycles. The van der Waals surface area contributed by atoms with E-state index in [1.807, 2.05) is 36.9 Å². The summed E-state index contributed by atoms with van der Waals surface area (Å²) in [5, 5.41) is 12.4. The number of aryl methyl sites for hydroxylation is 1. The van der Waals surface area contributed by atoms with Gasteiger partial charge in [-0.15, -0.1) is 0 Å². The molecule has 90 valence electrons. The van der Waals surface area contributed by atoms with Gasteiger partial charge in [0.15, 0.2) is 0 Å². The minimum Gasteiger partial charge on any atom is -0.388 e. The lowest BCUT2D eigenvalue weighted by Crippen LogP contribution is -2.23. The Labute approximate surface area is 96.3 Å². The minimum absolute atomic E-state index is 0.0637. The van der Waals surface area contributed by atoms with Crippen molar-refractivity contribution in [2.24, 2.45) is 0 Å². The Morgan fingerprint density at radius 2 is 2.31 bits per heavy atom. The highest BCUT2D eigenvalue weighted by molar-refractivity contribution is 5.75. The highest BCUT2D eigenvalue weighted by Gasteiger charge is 2.06. The Bertz CT molecular complexity index is 334. The zero-order valence-electron chi connectivity index (χ0n) is 9.94. The number of aromatic nitrogens is 1. The molecule has 0 aromatic carbocycles. The molecule has 0 bridgehead atoms. The fourth-order valence-electron chi connectivity index (χ4n) is 1.55. The molecule has 0 spiro atoms. The predicted molar refractivity (Wildman–Crippen MR) is 63.0 cm³/mol. The van der Waals surface area contributed by atoms with Crippen molar-refractivity contribution in [3.05, 3.63) is 24.0 Å². The molecule has 0 aliphatic carbocycles. The smallest absolute Gasteiger partial charge is 0.221 e. The summed E-state index contributed by atoms with van der Waals surface area (Å²) in [7, 11) is 0. The SMILES string of the molecule is CCNC(=O)CCn1ccc(C(O)CC)c1. The molecule has 1 aromatic rings. The maximum Gasteiger partial charge on any atom is 0.221 e. The highest BCUT2D eigenvalue weighted by Crippen LogP contribution is 2.16. The monoisotopic (exact) mass is 224 g/mol. The lowest BCUT2D eigenvalue weighted by atomic mass is 10.1. The summed E-state index contributed by atoms with van der Waals surface area (Å²) >= 11 is 0. The second-order valence-corrected chi connectivity index (χ2v) is 3.81. The van der Waals surface area contributed by atoms with Crippen molar-refractivity contribution in [1.82, 2.24) is 9.88 Å². The summed E-state index contributed by atoms with van der Waals surface area (Å²) in [6, 6.07) is 1.89. The summed E-state index contributed by atoms with van der Waals surface area (Å²) in [6.07, 6.45) is 4.58. The van der Waals surface area contributed by atoms with Gasteiger partial charge >= 0.3 is 0 Å². The Kier molecular flexibility index (Phi) is 5.05. The maximum absolute atomic E-state index is 11.2. The van der Waals surface area contributed by atoms with E-state index < -0.39 is 6.10 Å². The fraction of sp³-hybridized carbons (Fsp3) is 0.583. The number of nitrogens with zero attached hydrogens (tertiary/aromatic N) is 1. The van der Waals surface area contributed by atoms with Crippen LogP contribution in [0.25, 0.3) is 0 Å². The van der Waals surface area contributed by atoms with Crippen LogP contribution in [-0.4, -0.2) is 22.1 Å². The second-order valence-electron chi connectivity index (χ2n) is 3.81. The molecule has 4 nitrogen and oxygen atoms in total. The maximum atomic E-state index is 11.2. The number of hydrogen-bond acceptors (Lipinski definition) is 2. The number of aliphatic hydroxyl groups is 1. The van der Waals surface area contributed by atoms with E-state index in [1.54, 1.807) is 0 Å². The average Bonchev–Trinajstić information content (AvgIpc) is 2.74. The van der Waals surface area contributed by atoms with Crippen LogP contribution in [-0.2, 0) is 11.3 Å². The van der Waals surface area contributed by atoms with Crippen LogP contribution in [0.4, 0.5) is 0 Å². The van der Waals surface area contributed by atoms with Crippen LogP contribution < -0.4 is 5.32 Å². The van der Waals surface area contributed by atoms with Gasteiger partial charge in [0.2, 0.25) is 5.91 Å². The third-order valence-corrected chi connectivity index (χ3v) is 2.52. The third-order valence-electron chi connectivity index (χ3n) is 2.52. The molecule has 1 rings (SSSR count). The van der Waals surface area contributed by atoms with E-state index in [9.17, 15) is 9.90 Å². The Balaban J connectivity index is 2.43. The number of carbonyl (C=O) groups excluding carboxylic acids is 1. The number of aliphatic hydroxyl groups excluding tert-OH is 1. The molecule has 16 heavy (non-hydrogen) atoms. The number of carbonyl (C=O) groups is 1. The van der Waals surface area contributed by atoms with Crippen molar-refractivity contribution in [3.63, 3.8) is 0 Å². The lowest BCUT2D eigenvalue weighted by Gasteiger charge is -2.05. The standard InChI is InChI=1S/C12H20N2O2/c1-3-11(15)10-5-7-14(9-10)8-6-12(16)13-4-2/h5,7,9,11,15H,3-4,6,8H2,1-2H3,(H,13,16). The zero-order chi connectivity index (χ0) is 12.0. The number of rotatable bonds is 6. The number of nitrogens with one attached hydrogen (secondary N) is 1. The van der Waals surface area contributed by atoms with E-state index in [2.05, 4.69) is 5.32 Å². The minimum atomic E-state index is -0.397. The Morgan fingerprint density at radius 3 is 2.94 bits per heavy atom. The molecule has 0 aliphatic heterocycles. The summed E-state index contributed by atoms with van der Waals surface area (Å²) in [5.74, 6) is 0.0637. The van der Waals surface area contributed by atoms with Crippen LogP contribution in [0.2, 0.25) is 0 Å². The summed E-state index contributed by atoms with van der Waals surface area (Å²) < 4.78 is 1.93. The number of amides is 1. The van der Waals surface area contributed by atoms with Gasteiger partial charge in [-0.3, -0.25) is 4.79 Å². The van der Waals surface area contributed by atoms with Gasteiger partial charge in [0.1, 0.15) is 0 Å². The second kappa shape index (κ2) is 6.33. The third kappa shape index (κ3) is 3.70. The molecule has 0 saturated carbocycles. The van der Waals surface area contributed by atoms with Crippen molar-refractivity contribution in [3.8, 4) is 0 Å². The van der Waals surface area contributed by atoms with Gasteiger partial charge in [0.05, 0.1) is 6.10 Å². The van der Waals surface area contributed by atoms with Crippen molar-refractivity contribution < 1.29 is 9.90 Å². The molecule has 0 aliphatic rings. The van der Waals surface area contributed by atoms with E-state index in [4.69, 9.17) is 0 Å². The quantitative estimate of drug-likeness (QED) is 0.768. The highest BCUT2D eigenvalue weighted by atomic mass is 16.3. The summed E-state index contributed by atoms with van der Waals surface area (Å²) in [6.45, 7) is 5.17. The molecule has 1 unspecified atom stereocenters. The van der Waals surface area contributed by atoms with Crippen LogP contribution in [0.15, 0.2) is 18.5 Å². The van der Waals surface area contributed by atoms with E-state index in [0.29, 0.717) is 25.9 Å². The van der Waals surface area contributed by atoms with Crippen molar-refractivity contribution >= 4 is 5.91 Å². The first kappa shape index (κ1) is 12.8. The molecule has 0 radical (unpaired) electrons. The molecule has 1 heterocycles. The van der Waals surface area contributed by atoms with E-state index in [-0.39, 0.29) is 5.91 Å². The van der Waals surface area contributed by atoms with Gasteiger partial charge in [0, 0.05) is 31.9 Å². The predicted octanol–water partition coefficient (Wildman–Crippen LogP) is 1.46. The molecule has 0 fully saturated rings. The summed E-state index contributed by atoms with van der Waals surface area (Å²) in [4.78, 5) is 11.2. The topological polar surface area (TPSA) is 54.3 Å². The molecule has 4 heteroatoms. The molecule has 2 N–H and O–H groups in total. The first-order valence-corrected chi connectivity index (χ1v) is 5.77. The summed E-state index contributed by atoms with van der Waals surface area (Å²) in [5.41, 5.74) is 0.915. The van der Waals surface area contributed by atoms with E-state index >= 15 is 0 Å². The van der Waals surface area contributed by atoms with Crippen LogP contribution in [0.5, 0.6) is 0 Å². The van der Waals surface area contributed by atoms with Gasteiger partial charge in [-0.2, -0.15) is 0 Å². The Hall–Kier alpha value is -1.29. The van der Waals surface area contributed by atoms with E-state index in [1.165, 1.54) is 0 Å². The molecular formula is C12H20N2O2. The van der Waals surface area contributed by atoms with Crippen molar-refractivity contribution in [1.29, 1.82) is 0 Å². The van der Waals surface area contributed by atoms with Crippen LogP contribution in [0.3, 0.4) is 0 Å². The van der Waals surface area contributed by atoms with Gasteiger partial charge < -0.3 is 15.0 Å². The molecular weight excluding hydrogens is 204 g/mol. The van der Waals surface area contributed by atoms with E-state index in [0.717, 1.165) is 5.56 Å². The van der Waals surface area contributed by atoms with Gasteiger partial charge in [-0.05, 0) is 25.0 Å². The van der Waals surface area contributed by atoms with Crippen LogP contribution in [0.1, 0.15) is 38.4 Å². The molecule has 0 saturated heterocycles. The van der Waals surface area contributed by atoms with Gasteiger partial charge in [-0.25, -0.2) is 0 Å². The normalized spacial score (nSPS) is 12.4. The van der Waals surface area contributed by atoms with Gasteiger partial charge in [0.25, 0.3) is 0 Å². The first-order chi connectivity index (χ1) is 7.67.